The number of carbonyl (C=O) groups excluding carboxylic acids is 1. The Morgan fingerprint density at radius 1 is 1.50 bits per heavy atom. The standard InChI is InChI=1S/C8H14F2O3S/c1-3-13-7(11)8(9,10)6-14-5-4-12-2/h3-6H2,1-2H3. The zero-order chi connectivity index (χ0) is 11.0. The van der Waals surface area contributed by atoms with Crippen LogP contribution in [0.3, 0.4) is 0 Å². The van der Waals surface area contributed by atoms with Crippen LogP contribution in [-0.2, 0) is 14.3 Å². The summed E-state index contributed by atoms with van der Waals surface area (Å²) in [4.78, 5) is 10.7. The summed E-state index contributed by atoms with van der Waals surface area (Å²) in [5, 5.41) is 0. The molecule has 84 valence electrons. The number of alkyl halides is 2. The average Bonchev–Trinajstić information content (AvgIpc) is 2.13. The van der Waals surface area contributed by atoms with Crippen molar-refractivity contribution >= 4 is 17.7 Å². The highest BCUT2D eigenvalue weighted by molar-refractivity contribution is 7.99. The number of thioether (sulfide) groups is 1. The summed E-state index contributed by atoms with van der Waals surface area (Å²) in [6, 6.07) is 0. The average molecular weight is 228 g/mol. The molecule has 14 heavy (non-hydrogen) atoms. The molecule has 0 aromatic heterocycles. The molecule has 0 radical (unpaired) electrons. The van der Waals surface area contributed by atoms with Gasteiger partial charge in [0.25, 0.3) is 0 Å². The lowest BCUT2D eigenvalue weighted by atomic mass is 10.4. The summed E-state index contributed by atoms with van der Waals surface area (Å²) < 4.78 is 34.7. The van der Waals surface area contributed by atoms with E-state index in [0.717, 1.165) is 11.8 Å². The minimum absolute atomic E-state index is 0.0306. The highest BCUT2D eigenvalue weighted by atomic mass is 32.2. The van der Waals surface area contributed by atoms with E-state index in [1.807, 2.05) is 0 Å². The van der Waals surface area contributed by atoms with Crippen LogP contribution in [0.5, 0.6) is 0 Å². The van der Waals surface area contributed by atoms with Crippen LogP contribution in [0.25, 0.3) is 0 Å². The minimum Gasteiger partial charge on any atom is -0.462 e. The summed E-state index contributed by atoms with van der Waals surface area (Å²) in [7, 11) is 1.49. The van der Waals surface area contributed by atoms with Crippen LogP contribution in [0.2, 0.25) is 0 Å². The zero-order valence-corrected chi connectivity index (χ0v) is 9.03. The molecule has 0 heterocycles. The fourth-order valence-electron chi connectivity index (χ4n) is 0.638. The first-order valence-corrected chi connectivity index (χ1v) is 5.31. The molecule has 0 aliphatic heterocycles. The third kappa shape index (κ3) is 5.39. The second-order valence-electron chi connectivity index (χ2n) is 2.47. The van der Waals surface area contributed by atoms with Gasteiger partial charge in [-0.25, -0.2) is 4.79 Å². The number of rotatable bonds is 7. The summed E-state index contributed by atoms with van der Waals surface area (Å²) in [6.45, 7) is 1.85. The first-order chi connectivity index (χ1) is 6.54. The van der Waals surface area contributed by atoms with E-state index in [9.17, 15) is 13.6 Å². The Balaban J connectivity index is 3.76. The van der Waals surface area contributed by atoms with Crippen LogP contribution < -0.4 is 0 Å². The maximum atomic E-state index is 12.9. The van der Waals surface area contributed by atoms with Crippen molar-refractivity contribution in [3.63, 3.8) is 0 Å². The fourth-order valence-corrected chi connectivity index (χ4v) is 1.44. The van der Waals surface area contributed by atoms with Crippen LogP contribution >= 0.6 is 11.8 Å². The molecule has 0 rings (SSSR count). The first-order valence-electron chi connectivity index (χ1n) is 4.16. The van der Waals surface area contributed by atoms with Gasteiger partial charge in [0.2, 0.25) is 0 Å². The van der Waals surface area contributed by atoms with Crippen LogP contribution in [0.4, 0.5) is 8.78 Å². The molecule has 0 amide bonds. The summed E-state index contributed by atoms with van der Waals surface area (Å²) in [5.74, 6) is -4.97. The predicted octanol–water partition coefficient (Wildman–Crippen LogP) is 1.56. The van der Waals surface area contributed by atoms with Crippen molar-refractivity contribution in [2.24, 2.45) is 0 Å². The molecule has 0 spiro atoms. The highest BCUT2D eigenvalue weighted by Crippen LogP contribution is 2.21. The van der Waals surface area contributed by atoms with Gasteiger partial charge >= 0.3 is 11.9 Å². The van der Waals surface area contributed by atoms with Crippen molar-refractivity contribution in [1.29, 1.82) is 0 Å². The summed E-state index contributed by atoms with van der Waals surface area (Å²) in [5.41, 5.74) is 0. The number of hydrogen-bond donors (Lipinski definition) is 0. The number of methoxy groups -OCH3 is 1. The van der Waals surface area contributed by atoms with Gasteiger partial charge in [-0.3, -0.25) is 0 Å². The lowest BCUT2D eigenvalue weighted by molar-refractivity contribution is -0.167. The molecule has 0 saturated carbocycles. The number of halogens is 2. The fraction of sp³-hybridized carbons (Fsp3) is 0.875. The Kier molecular flexibility index (Phi) is 6.82. The Hall–Kier alpha value is -0.360. The molecule has 0 aromatic rings. The van der Waals surface area contributed by atoms with Gasteiger partial charge in [0.05, 0.1) is 19.0 Å². The van der Waals surface area contributed by atoms with Gasteiger partial charge in [-0.2, -0.15) is 20.5 Å². The highest BCUT2D eigenvalue weighted by Gasteiger charge is 2.40. The second-order valence-corrected chi connectivity index (χ2v) is 3.58. The van der Waals surface area contributed by atoms with Crippen molar-refractivity contribution in [1.82, 2.24) is 0 Å². The van der Waals surface area contributed by atoms with Gasteiger partial charge in [0.15, 0.2) is 0 Å². The molecule has 3 nitrogen and oxygen atoms in total. The van der Waals surface area contributed by atoms with Crippen molar-refractivity contribution < 1.29 is 23.0 Å². The Morgan fingerprint density at radius 3 is 2.64 bits per heavy atom. The van der Waals surface area contributed by atoms with Crippen LogP contribution in [0.15, 0.2) is 0 Å². The van der Waals surface area contributed by atoms with E-state index in [1.54, 1.807) is 0 Å². The third-order valence-electron chi connectivity index (χ3n) is 1.29. The number of ether oxygens (including phenoxy) is 2. The van der Waals surface area contributed by atoms with Gasteiger partial charge in [0, 0.05) is 12.9 Å². The smallest absolute Gasteiger partial charge is 0.377 e. The van der Waals surface area contributed by atoms with Crippen molar-refractivity contribution in [3.8, 4) is 0 Å². The molecule has 0 N–H and O–H groups in total. The molecule has 6 heteroatoms. The van der Waals surface area contributed by atoms with Gasteiger partial charge in [-0.15, -0.1) is 0 Å². The van der Waals surface area contributed by atoms with Gasteiger partial charge < -0.3 is 9.47 Å². The Labute approximate surface area is 86.1 Å². The number of hydrogen-bond acceptors (Lipinski definition) is 4. The molecule has 0 unspecified atom stereocenters. The molecule has 0 atom stereocenters. The number of esters is 1. The van der Waals surface area contributed by atoms with Crippen molar-refractivity contribution in [3.05, 3.63) is 0 Å². The molecule has 0 aliphatic carbocycles. The monoisotopic (exact) mass is 228 g/mol. The van der Waals surface area contributed by atoms with Crippen LogP contribution in [-0.4, -0.2) is 43.7 Å². The van der Waals surface area contributed by atoms with Gasteiger partial charge in [-0.1, -0.05) is 0 Å². The van der Waals surface area contributed by atoms with Gasteiger partial charge in [-0.05, 0) is 6.92 Å². The van der Waals surface area contributed by atoms with E-state index in [0.29, 0.717) is 12.4 Å². The lowest BCUT2D eigenvalue weighted by Crippen LogP contribution is -2.33. The van der Waals surface area contributed by atoms with E-state index >= 15 is 0 Å². The topological polar surface area (TPSA) is 35.5 Å². The number of carbonyl (C=O) groups is 1. The summed E-state index contributed by atoms with van der Waals surface area (Å²) >= 11 is 0.963. The largest absolute Gasteiger partial charge is 0.462 e. The van der Waals surface area contributed by atoms with E-state index in [2.05, 4.69) is 9.47 Å². The zero-order valence-electron chi connectivity index (χ0n) is 8.22. The van der Waals surface area contributed by atoms with Crippen molar-refractivity contribution in [2.75, 3.05) is 31.8 Å². The minimum atomic E-state index is -3.39. The van der Waals surface area contributed by atoms with E-state index < -0.39 is 17.6 Å². The van der Waals surface area contributed by atoms with E-state index in [-0.39, 0.29) is 6.61 Å². The van der Waals surface area contributed by atoms with Gasteiger partial charge in [0.1, 0.15) is 0 Å². The molecular formula is C8H14F2O3S. The summed E-state index contributed by atoms with van der Waals surface area (Å²) in [6.07, 6.45) is 0. The maximum Gasteiger partial charge on any atom is 0.377 e. The molecule has 0 fully saturated rings. The molecule has 0 aliphatic rings. The molecule has 0 bridgehead atoms. The van der Waals surface area contributed by atoms with Crippen molar-refractivity contribution in [2.45, 2.75) is 12.8 Å². The Bertz CT molecular complexity index is 176. The maximum absolute atomic E-state index is 12.9. The Morgan fingerprint density at radius 2 is 2.14 bits per heavy atom. The SMILES string of the molecule is CCOC(=O)C(F)(F)CSCCOC. The normalized spacial score (nSPS) is 11.4. The third-order valence-corrected chi connectivity index (χ3v) is 2.31. The van der Waals surface area contributed by atoms with Crippen LogP contribution in [0.1, 0.15) is 6.92 Å². The van der Waals surface area contributed by atoms with Crippen LogP contribution in [0, 0.1) is 0 Å². The second kappa shape index (κ2) is 7.00. The lowest BCUT2D eigenvalue weighted by Gasteiger charge is -2.13. The molecular weight excluding hydrogens is 214 g/mol. The van der Waals surface area contributed by atoms with E-state index in [4.69, 9.17) is 0 Å². The quantitative estimate of drug-likeness (QED) is 0.489. The van der Waals surface area contributed by atoms with E-state index in [1.165, 1.54) is 14.0 Å². The predicted molar refractivity (Wildman–Crippen MR) is 50.8 cm³/mol. The molecule has 0 saturated heterocycles. The molecule has 0 aromatic carbocycles. The first kappa shape index (κ1) is 13.6.